The Kier molecular flexibility index (Phi) is 5.37. The molecule has 1 aromatic heterocycles. The van der Waals surface area contributed by atoms with Gasteiger partial charge in [-0.05, 0) is 53.6 Å². The van der Waals surface area contributed by atoms with Gasteiger partial charge in [0.25, 0.3) is 0 Å². The molecule has 0 amide bonds. The van der Waals surface area contributed by atoms with Crippen LogP contribution in [0, 0.1) is 9.39 Å². The van der Waals surface area contributed by atoms with Crippen LogP contribution >= 0.6 is 34.2 Å². The topological polar surface area (TPSA) is 37.8 Å². The Balaban J connectivity index is 2.62. The smallest absolute Gasteiger partial charge is 0.163 e. The van der Waals surface area contributed by atoms with Crippen LogP contribution in [0.3, 0.4) is 0 Å². The standard InChI is InChI=1S/C15H16ClFIN3/c1-4-19-15-12(18)13(8(2)3)20-14(21-15)10-6-5-9(17)7-11(10)16/h5-8H,4H2,1-3H3,(H,19,20,21). The summed E-state index contributed by atoms with van der Waals surface area (Å²) in [6.45, 7) is 6.94. The fraction of sp³-hybridized carbons (Fsp3) is 0.333. The number of rotatable bonds is 4. The van der Waals surface area contributed by atoms with E-state index in [9.17, 15) is 4.39 Å². The third-order valence-electron chi connectivity index (χ3n) is 2.94. The number of anilines is 1. The minimum atomic E-state index is -0.370. The maximum atomic E-state index is 13.2. The summed E-state index contributed by atoms with van der Waals surface area (Å²) in [6, 6.07) is 4.25. The van der Waals surface area contributed by atoms with Gasteiger partial charge in [0.15, 0.2) is 5.82 Å². The van der Waals surface area contributed by atoms with E-state index in [-0.39, 0.29) is 11.7 Å². The SMILES string of the molecule is CCNc1nc(-c2ccc(F)cc2Cl)nc(C(C)C)c1I. The Labute approximate surface area is 142 Å². The van der Waals surface area contributed by atoms with E-state index in [0.29, 0.717) is 16.4 Å². The van der Waals surface area contributed by atoms with Gasteiger partial charge >= 0.3 is 0 Å². The fourth-order valence-electron chi connectivity index (χ4n) is 1.92. The van der Waals surface area contributed by atoms with Crippen molar-refractivity contribution in [2.24, 2.45) is 0 Å². The number of halogens is 3. The Hall–Kier alpha value is -0.950. The highest BCUT2D eigenvalue weighted by molar-refractivity contribution is 14.1. The molecular weight excluding hydrogens is 404 g/mol. The monoisotopic (exact) mass is 419 g/mol. The number of nitrogens with one attached hydrogen (secondary N) is 1. The van der Waals surface area contributed by atoms with Crippen molar-refractivity contribution in [3.8, 4) is 11.4 Å². The molecule has 112 valence electrons. The molecule has 0 saturated heterocycles. The highest BCUT2D eigenvalue weighted by Crippen LogP contribution is 2.31. The van der Waals surface area contributed by atoms with Crippen LogP contribution < -0.4 is 5.32 Å². The van der Waals surface area contributed by atoms with Gasteiger partial charge in [-0.15, -0.1) is 0 Å². The molecule has 3 nitrogen and oxygen atoms in total. The molecule has 2 aromatic rings. The van der Waals surface area contributed by atoms with Crippen molar-refractivity contribution in [3.63, 3.8) is 0 Å². The molecule has 0 spiro atoms. The molecule has 0 aliphatic heterocycles. The lowest BCUT2D eigenvalue weighted by atomic mass is 10.1. The third-order valence-corrected chi connectivity index (χ3v) is 4.32. The minimum Gasteiger partial charge on any atom is -0.369 e. The van der Waals surface area contributed by atoms with Crippen LogP contribution in [0.2, 0.25) is 5.02 Å². The van der Waals surface area contributed by atoms with Gasteiger partial charge < -0.3 is 5.32 Å². The molecule has 1 N–H and O–H groups in total. The Morgan fingerprint density at radius 1 is 1.33 bits per heavy atom. The predicted molar refractivity (Wildman–Crippen MR) is 93.4 cm³/mol. The van der Waals surface area contributed by atoms with Crippen LogP contribution in [0.5, 0.6) is 0 Å². The maximum absolute atomic E-state index is 13.2. The first-order valence-electron chi connectivity index (χ1n) is 6.70. The van der Waals surface area contributed by atoms with E-state index in [4.69, 9.17) is 11.6 Å². The van der Waals surface area contributed by atoms with Gasteiger partial charge in [-0.25, -0.2) is 14.4 Å². The summed E-state index contributed by atoms with van der Waals surface area (Å²) in [6.07, 6.45) is 0. The molecule has 0 aliphatic carbocycles. The summed E-state index contributed by atoms with van der Waals surface area (Å²) < 4.78 is 14.2. The van der Waals surface area contributed by atoms with E-state index in [1.807, 2.05) is 6.92 Å². The first kappa shape index (κ1) is 16.4. The molecule has 0 unspecified atom stereocenters. The minimum absolute atomic E-state index is 0.260. The molecular formula is C15H16ClFIN3. The zero-order valence-corrected chi connectivity index (χ0v) is 15.0. The third kappa shape index (κ3) is 3.63. The zero-order valence-electron chi connectivity index (χ0n) is 12.0. The summed E-state index contributed by atoms with van der Waals surface area (Å²) >= 11 is 8.37. The molecule has 6 heteroatoms. The zero-order chi connectivity index (χ0) is 15.6. The summed E-state index contributed by atoms with van der Waals surface area (Å²) in [5, 5.41) is 3.55. The van der Waals surface area contributed by atoms with Gasteiger partial charge in [0.05, 0.1) is 14.3 Å². The molecule has 0 atom stereocenters. The van der Waals surface area contributed by atoms with Crippen molar-refractivity contribution in [2.75, 3.05) is 11.9 Å². The van der Waals surface area contributed by atoms with Crippen molar-refractivity contribution in [1.82, 2.24) is 9.97 Å². The van der Waals surface area contributed by atoms with Gasteiger partial charge in [0.1, 0.15) is 11.6 Å². The number of hydrogen-bond donors (Lipinski definition) is 1. The second-order valence-corrected chi connectivity index (χ2v) is 6.39. The molecule has 2 rings (SSSR count). The summed E-state index contributed by atoms with van der Waals surface area (Å²) in [4.78, 5) is 9.14. The molecule has 0 radical (unpaired) electrons. The normalized spacial score (nSPS) is 11.0. The first-order valence-corrected chi connectivity index (χ1v) is 8.16. The van der Waals surface area contributed by atoms with Crippen LogP contribution in [0.1, 0.15) is 32.4 Å². The number of aromatic nitrogens is 2. The Morgan fingerprint density at radius 2 is 2.05 bits per heavy atom. The first-order chi connectivity index (χ1) is 9.93. The van der Waals surface area contributed by atoms with E-state index in [1.165, 1.54) is 12.1 Å². The largest absolute Gasteiger partial charge is 0.369 e. The van der Waals surface area contributed by atoms with Crippen LogP contribution in [-0.4, -0.2) is 16.5 Å². The number of hydrogen-bond acceptors (Lipinski definition) is 3. The lowest BCUT2D eigenvalue weighted by Crippen LogP contribution is -2.09. The van der Waals surface area contributed by atoms with E-state index in [1.54, 1.807) is 6.07 Å². The average Bonchev–Trinajstić information content (AvgIpc) is 2.41. The Bertz CT molecular complexity index is 662. The van der Waals surface area contributed by atoms with Crippen molar-refractivity contribution in [3.05, 3.63) is 38.3 Å². The van der Waals surface area contributed by atoms with Crippen molar-refractivity contribution in [1.29, 1.82) is 0 Å². The van der Waals surface area contributed by atoms with Crippen LogP contribution in [0.25, 0.3) is 11.4 Å². The Morgan fingerprint density at radius 3 is 2.62 bits per heavy atom. The molecule has 0 bridgehead atoms. The highest BCUT2D eigenvalue weighted by atomic mass is 127. The van der Waals surface area contributed by atoms with Crippen molar-refractivity contribution < 1.29 is 4.39 Å². The van der Waals surface area contributed by atoms with Crippen LogP contribution in [-0.2, 0) is 0 Å². The lowest BCUT2D eigenvalue weighted by molar-refractivity contribution is 0.628. The predicted octanol–water partition coefficient (Wildman–Crippen LogP) is 5.10. The van der Waals surface area contributed by atoms with Gasteiger partial charge in [0.2, 0.25) is 0 Å². The molecule has 0 fully saturated rings. The van der Waals surface area contributed by atoms with Crippen molar-refractivity contribution in [2.45, 2.75) is 26.7 Å². The molecule has 21 heavy (non-hydrogen) atoms. The quantitative estimate of drug-likeness (QED) is 0.701. The van der Waals surface area contributed by atoms with E-state index in [0.717, 1.165) is 21.6 Å². The van der Waals surface area contributed by atoms with E-state index >= 15 is 0 Å². The average molecular weight is 420 g/mol. The van der Waals surface area contributed by atoms with Gasteiger partial charge in [-0.3, -0.25) is 0 Å². The van der Waals surface area contributed by atoms with E-state index in [2.05, 4.69) is 51.7 Å². The van der Waals surface area contributed by atoms with Gasteiger partial charge in [-0.2, -0.15) is 0 Å². The highest BCUT2D eigenvalue weighted by Gasteiger charge is 2.17. The fourth-order valence-corrected chi connectivity index (χ4v) is 3.23. The second kappa shape index (κ2) is 6.87. The molecule has 0 saturated carbocycles. The molecule has 1 aromatic carbocycles. The lowest BCUT2D eigenvalue weighted by Gasteiger charge is -2.15. The van der Waals surface area contributed by atoms with Crippen LogP contribution in [0.15, 0.2) is 18.2 Å². The summed E-state index contributed by atoms with van der Waals surface area (Å²) in [7, 11) is 0. The molecule has 1 heterocycles. The summed E-state index contributed by atoms with van der Waals surface area (Å²) in [5.74, 6) is 1.19. The molecule has 0 aliphatic rings. The van der Waals surface area contributed by atoms with Gasteiger partial charge in [-0.1, -0.05) is 25.4 Å². The summed E-state index contributed by atoms with van der Waals surface area (Å²) in [5.41, 5.74) is 1.59. The maximum Gasteiger partial charge on any atom is 0.163 e. The van der Waals surface area contributed by atoms with E-state index < -0.39 is 0 Å². The number of nitrogens with zero attached hydrogens (tertiary/aromatic N) is 2. The van der Waals surface area contributed by atoms with Crippen LogP contribution in [0.4, 0.5) is 10.2 Å². The van der Waals surface area contributed by atoms with Gasteiger partial charge in [0, 0.05) is 12.1 Å². The number of benzene rings is 1. The second-order valence-electron chi connectivity index (χ2n) is 4.90. The van der Waals surface area contributed by atoms with Crippen molar-refractivity contribution >= 4 is 40.0 Å².